The first-order chi connectivity index (χ1) is 31.0. The van der Waals surface area contributed by atoms with Crippen LogP contribution in [-0.2, 0) is 28.6 Å². The molecule has 0 aliphatic rings. The third-order valence-electron chi connectivity index (χ3n) is 11.2. The molecule has 0 aromatic carbocycles. The molecule has 0 aliphatic heterocycles. The number of hydrogen-bond acceptors (Lipinski definition) is 6. The van der Waals surface area contributed by atoms with Crippen molar-refractivity contribution in [1.29, 1.82) is 0 Å². The molecule has 0 bridgehead atoms. The van der Waals surface area contributed by atoms with Gasteiger partial charge in [-0.25, -0.2) is 0 Å². The Morgan fingerprint density at radius 3 is 1.08 bits per heavy atom. The Morgan fingerprint density at radius 1 is 0.317 bits per heavy atom. The first-order valence-electron chi connectivity index (χ1n) is 26.4. The highest BCUT2D eigenvalue weighted by Crippen LogP contribution is 2.15. The van der Waals surface area contributed by atoms with Crippen LogP contribution in [-0.4, -0.2) is 37.2 Å². The fourth-order valence-corrected chi connectivity index (χ4v) is 7.17. The van der Waals surface area contributed by atoms with E-state index in [1.54, 1.807) is 0 Å². The molecule has 0 aromatic heterocycles. The third-order valence-corrected chi connectivity index (χ3v) is 11.2. The predicted molar refractivity (Wildman–Crippen MR) is 270 cm³/mol. The van der Waals surface area contributed by atoms with Crippen LogP contribution in [0.5, 0.6) is 0 Å². The summed E-state index contributed by atoms with van der Waals surface area (Å²) in [6, 6.07) is 0. The van der Waals surface area contributed by atoms with Crippen molar-refractivity contribution in [3.63, 3.8) is 0 Å². The van der Waals surface area contributed by atoms with Gasteiger partial charge in [-0.2, -0.15) is 0 Å². The van der Waals surface area contributed by atoms with Gasteiger partial charge in [-0.05, 0) is 77.0 Å². The van der Waals surface area contributed by atoms with Crippen LogP contribution in [0.4, 0.5) is 0 Å². The maximum absolute atomic E-state index is 12.8. The summed E-state index contributed by atoms with van der Waals surface area (Å²) < 4.78 is 16.7. The molecule has 0 radical (unpaired) electrons. The van der Waals surface area contributed by atoms with Gasteiger partial charge in [0.15, 0.2) is 6.10 Å². The van der Waals surface area contributed by atoms with E-state index in [1.165, 1.54) is 128 Å². The minimum absolute atomic E-state index is 0.101. The van der Waals surface area contributed by atoms with Crippen LogP contribution in [0.25, 0.3) is 0 Å². The second-order valence-electron chi connectivity index (χ2n) is 17.4. The highest BCUT2D eigenvalue weighted by atomic mass is 16.6. The minimum atomic E-state index is -0.805. The quantitative estimate of drug-likeness (QED) is 0.0262. The second-order valence-corrected chi connectivity index (χ2v) is 17.4. The lowest BCUT2D eigenvalue weighted by molar-refractivity contribution is -0.166. The predicted octanol–water partition coefficient (Wildman–Crippen LogP) is 17.4. The number of carbonyl (C=O) groups excluding carboxylic acids is 3. The van der Waals surface area contributed by atoms with Crippen LogP contribution in [0.15, 0.2) is 72.9 Å². The maximum atomic E-state index is 12.8. The zero-order chi connectivity index (χ0) is 45.8. The molecule has 0 amide bonds. The van der Waals surface area contributed by atoms with Gasteiger partial charge in [-0.15, -0.1) is 0 Å². The van der Waals surface area contributed by atoms with E-state index < -0.39 is 6.10 Å². The molecule has 0 saturated carbocycles. The smallest absolute Gasteiger partial charge is 0.306 e. The lowest BCUT2D eigenvalue weighted by Gasteiger charge is -2.18. The van der Waals surface area contributed by atoms with E-state index in [0.717, 1.165) is 77.0 Å². The lowest BCUT2D eigenvalue weighted by Crippen LogP contribution is -2.30. The van der Waals surface area contributed by atoms with Gasteiger partial charge in [-0.1, -0.05) is 229 Å². The summed E-state index contributed by atoms with van der Waals surface area (Å²) in [5.74, 6) is -0.992. The van der Waals surface area contributed by atoms with Crippen LogP contribution >= 0.6 is 0 Å². The highest BCUT2D eigenvalue weighted by Gasteiger charge is 2.19. The molecule has 0 heterocycles. The molecule has 0 unspecified atom stereocenters. The fraction of sp³-hybridized carbons (Fsp3) is 0.737. The molecule has 0 rings (SSSR count). The number of ether oxygens (including phenoxy) is 3. The van der Waals surface area contributed by atoms with E-state index in [4.69, 9.17) is 14.2 Å². The van der Waals surface area contributed by atoms with Crippen molar-refractivity contribution in [2.24, 2.45) is 0 Å². The zero-order valence-electron chi connectivity index (χ0n) is 41.3. The van der Waals surface area contributed by atoms with E-state index in [0.29, 0.717) is 19.3 Å². The number of carbonyl (C=O) groups is 3. The summed E-state index contributed by atoms with van der Waals surface area (Å²) in [6.07, 6.45) is 64.7. The number of hydrogen-bond donors (Lipinski definition) is 0. The molecule has 0 fully saturated rings. The van der Waals surface area contributed by atoms with Crippen molar-refractivity contribution in [3.8, 4) is 0 Å². The summed E-state index contributed by atoms with van der Waals surface area (Å²) in [4.78, 5) is 37.9. The first-order valence-corrected chi connectivity index (χ1v) is 26.4. The Labute approximate surface area is 389 Å². The molecule has 6 nitrogen and oxygen atoms in total. The third kappa shape index (κ3) is 49.7. The van der Waals surface area contributed by atoms with Gasteiger partial charge in [-0.3, -0.25) is 14.4 Å². The summed E-state index contributed by atoms with van der Waals surface area (Å²) in [6.45, 7) is 6.51. The van der Waals surface area contributed by atoms with Gasteiger partial charge >= 0.3 is 17.9 Å². The SMILES string of the molecule is CCCC/C=C\CCCCCCCC(=O)OC[C@@H](COC(=O)CC/C=C\C/C=C\C/C=C\C/C=C\C/C=C\CCCCC)OC(=O)CCCCCCCCCCCCCCCCC. The molecular weight excluding hydrogens is 781 g/mol. The fourth-order valence-electron chi connectivity index (χ4n) is 7.17. The summed E-state index contributed by atoms with van der Waals surface area (Å²) in [5.41, 5.74) is 0. The second kappa shape index (κ2) is 51.5. The molecule has 0 aromatic rings. The molecule has 0 saturated heterocycles. The average Bonchev–Trinajstić information content (AvgIpc) is 3.28. The molecular formula is C57H98O6. The van der Waals surface area contributed by atoms with E-state index in [2.05, 4.69) is 87.6 Å². The zero-order valence-corrected chi connectivity index (χ0v) is 41.3. The first kappa shape index (κ1) is 59.9. The summed E-state index contributed by atoms with van der Waals surface area (Å²) >= 11 is 0. The highest BCUT2D eigenvalue weighted by molar-refractivity contribution is 5.71. The van der Waals surface area contributed by atoms with Crippen molar-refractivity contribution in [2.75, 3.05) is 13.2 Å². The molecule has 1 atom stereocenters. The maximum Gasteiger partial charge on any atom is 0.306 e. The molecule has 63 heavy (non-hydrogen) atoms. The number of esters is 3. The Bertz CT molecular complexity index is 1190. The Hall–Kier alpha value is -3.15. The van der Waals surface area contributed by atoms with Crippen LogP contribution in [0, 0.1) is 0 Å². The largest absolute Gasteiger partial charge is 0.462 e. The standard InChI is InChI=1S/C57H98O6/c1-4-7-10-13-16-19-22-24-26-27-28-29-31-32-35-38-41-44-47-50-56(59)62-53-54(52-61-55(58)49-46-43-40-37-34-21-18-15-12-9-6-3)63-57(60)51-48-45-42-39-36-33-30-25-23-20-17-14-11-8-5-2/h15-16,18-19,24,26,28-29,32,35,41,44,54H,4-14,17,20-23,25,27,30-31,33-34,36-40,42-43,45-53H2,1-3H3/b18-15-,19-16-,26-24-,29-28-,35-32-,44-41-/t54-/m0/s1. The average molecular weight is 879 g/mol. The van der Waals surface area contributed by atoms with Crippen molar-refractivity contribution in [2.45, 2.75) is 258 Å². The van der Waals surface area contributed by atoms with Crippen molar-refractivity contribution in [1.82, 2.24) is 0 Å². The van der Waals surface area contributed by atoms with E-state index in [9.17, 15) is 14.4 Å². The van der Waals surface area contributed by atoms with E-state index >= 15 is 0 Å². The minimum Gasteiger partial charge on any atom is -0.462 e. The van der Waals surface area contributed by atoms with Crippen LogP contribution < -0.4 is 0 Å². The van der Waals surface area contributed by atoms with Crippen LogP contribution in [0.2, 0.25) is 0 Å². The van der Waals surface area contributed by atoms with Gasteiger partial charge in [0.25, 0.3) is 0 Å². The van der Waals surface area contributed by atoms with Gasteiger partial charge in [0.05, 0.1) is 0 Å². The van der Waals surface area contributed by atoms with Crippen LogP contribution in [0.3, 0.4) is 0 Å². The molecule has 0 N–H and O–H groups in total. The van der Waals surface area contributed by atoms with Gasteiger partial charge in [0.2, 0.25) is 0 Å². The normalized spacial score (nSPS) is 12.6. The van der Waals surface area contributed by atoms with Gasteiger partial charge in [0, 0.05) is 19.3 Å². The Morgan fingerprint density at radius 2 is 0.619 bits per heavy atom. The van der Waals surface area contributed by atoms with Crippen molar-refractivity contribution in [3.05, 3.63) is 72.9 Å². The summed E-state index contributed by atoms with van der Waals surface area (Å²) in [7, 11) is 0. The van der Waals surface area contributed by atoms with Gasteiger partial charge < -0.3 is 14.2 Å². The van der Waals surface area contributed by atoms with E-state index in [1.807, 2.05) is 6.08 Å². The molecule has 6 heteroatoms. The number of rotatable bonds is 47. The van der Waals surface area contributed by atoms with Gasteiger partial charge in [0.1, 0.15) is 13.2 Å². The molecule has 0 spiro atoms. The topological polar surface area (TPSA) is 78.9 Å². The van der Waals surface area contributed by atoms with E-state index in [-0.39, 0.29) is 37.5 Å². The number of allylic oxidation sites excluding steroid dienone is 12. The molecule has 0 aliphatic carbocycles. The Balaban J connectivity index is 4.47. The Kier molecular flexibility index (Phi) is 48.9. The van der Waals surface area contributed by atoms with Crippen LogP contribution in [0.1, 0.15) is 252 Å². The molecule has 362 valence electrons. The van der Waals surface area contributed by atoms with Crippen molar-refractivity contribution >= 4 is 17.9 Å². The number of unbranched alkanes of at least 4 members (excludes halogenated alkanes) is 24. The van der Waals surface area contributed by atoms with Crippen molar-refractivity contribution < 1.29 is 28.6 Å². The summed E-state index contributed by atoms with van der Waals surface area (Å²) in [5, 5.41) is 0. The lowest BCUT2D eigenvalue weighted by atomic mass is 10.0. The monoisotopic (exact) mass is 879 g/mol.